The monoisotopic (exact) mass is 353 g/mol. The number of anilines is 1. The van der Waals surface area contributed by atoms with Gasteiger partial charge in [-0.3, -0.25) is 0 Å². The zero-order chi connectivity index (χ0) is 14.7. The molecule has 2 aromatic rings. The van der Waals surface area contributed by atoms with Crippen molar-refractivity contribution >= 4 is 33.0 Å². The Morgan fingerprint density at radius 3 is 2.60 bits per heavy atom. The van der Waals surface area contributed by atoms with Crippen molar-refractivity contribution in [3.63, 3.8) is 0 Å². The lowest BCUT2D eigenvalue weighted by molar-refractivity contribution is 0.199. The topological polar surface area (TPSA) is 23.5 Å². The maximum absolute atomic E-state index is 9.62. The summed E-state index contributed by atoms with van der Waals surface area (Å²) >= 11 is 5.42. The SMILES string of the molecule is CC(O)c1ccc(N(C)C(C)Cc2cccs2)c(Br)c1. The van der Waals surface area contributed by atoms with Crippen LogP contribution in [0.25, 0.3) is 0 Å². The lowest BCUT2D eigenvalue weighted by Gasteiger charge is -2.28. The van der Waals surface area contributed by atoms with Gasteiger partial charge in [-0.2, -0.15) is 0 Å². The first-order valence-corrected chi connectivity index (χ1v) is 8.39. The molecule has 0 aliphatic heterocycles. The number of halogens is 1. The predicted molar refractivity (Wildman–Crippen MR) is 90.7 cm³/mol. The molecule has 0 radical (unpaired) electrons. The van der Waals surface area contributed by atoms with Crippen LogP contribution in [0.1, 0.15) is 30.4 Å². The largest absolute Gasteiger partial charge is 0.389 e. The quantitative estimate of drug-likeness (QED) is 0.846. The van der Waals surface area contributed by atoms with Crippen LogP contribution < -0.4 is 4.90 Å². The molecule has 1 aromatic heterocycles. The molecule has 1 N–H and O–H groups in total. The van der Waals surface area contributed by atoms with Gasteiger partial charge in [-0.05, 0) is 58.9 Å². The van der Waals surface area contributed by atoms with Gasteiger partial charge in [0.05, 0.1) is 11.8 Å². The minimum absolute atomic E-state index is 0.419. The number of hydrogen-bond donors (Lipinski definition) is 1. The third kappa shape index (κ3) is 3.62. The Balaban J connectivity index is 2.14. The second-order valence-corrected chi connectivity index (χ2v) is 7.02. The highest BCUT2D eigenvalue weighted by Gasteiger charge is 2.15. The summed E-state index contributed by atoms with van der Waals surface area (Å²) in [5.74, 6) is 0. The van der Waals surface area contributed by atoms with E-state index in [9.17, 15) is 5.11 Å². The van der Waals surface area contributed by atoms with Crippen LogP contribution in [-0.2, 0) is 6.42 Å². The highest BCUT2D eigenvalue weighted by molar-refractivity contribution is 9.10. The Hall–Kier alpha value is -0.840. The summed E-state index contributed by atoms with van der Waals surface area (Å²) < 4.78 is 1.02. The molecular formula is C16H20BrNOS. The second-order valence-electron chi connectivity index (χ2n) is 5.13. The van der Waals surface area contributed by atoms with E-state index >= 15 is 0 Å². The molecule has 2 unspecified atom stereocenters. The third-order valence-electron chi connectivity index (χ3n) is 3.57. The van der Waals surface area contributed by atoms with Gasteiger partial charge in [0.2, 0.25) is 0 Å². The fourth-order valence-electron chi connectivity index (χ4n) is 2.16. The van der Waals surface area contributed by atoms with E-state index < -0.39 is 6.10 Å². The molecule has 20 heavy (non-hydrogen) atoms. The van der Waals surface area contributed by atoms with Gasteiger partial charge in [0.1, 0.15) is 0 Å². The standard InChI is InChI=1S/C16H20BrNOS/c1-11(9-14-5-4-8-20-14)18(3)16-7-6-13(12(2)19)10-15(16)17/h4-8,10-12,19H,9H2,1-3H3. The molecule has 0 amide bonds. The molecule has 0 aliphatic carbocycles. The van der Waals surface area contributed by atoms with Crippen molar-refractivity contribution in [1.29, 1.82) is 0 Å². The van der Waals surface area contributed by atoms with Gasteiger partial charge >= 0.3 is 0 Å². The minimum atomic E-state index is -0.436. The van der Waals surface area contributed by atoms with E-state index in [1.54, 1.807) is 18.3 Å². The van der Waals surface area contributed by atoms with Gasteiger partial charge in [-0.25, -0.2) is 0 Å². The highest BCUT2D eigenvalue weighted by atomic mass is 79.9. The normalized spacial score (nSPS) is 14.1. The molecule has 0 spiro atoms. The van der Waals surface area contributed by atoms with Crippen LogP contribution in [-0.4, -0.2) is 18.2 Å². The zero-order valence-corrected chi connectivity index (χ0v) is 14.4. The smallest absolute Gasteiger partial charge is 0.0762 e. The van der Waals surface area contributed by atoms with Crippen LogP contribution in [0.4, 0.5) is 5.69 Å². The molecule has 2 rings (SSSR count). The maximum atomic E-state index is 9.62. The molecule has 0 fully saturated rings. The molecule has 108 valence electrons. The van der Waals surface area contributed by atoms with Crippen LogP contribution in [0.5, 0.6) is 0 Å². The van der Waals surface area contributed by atoms with Crippen molar-refractivity contribution in [1.82, 2.24) is 0 Å². The van der Waals surface area contributed by atoms with Crippen LogP contribution in [0.15, 0.2) is 40.2 Å². The van der Waals surface area contributed by atoms with Crippen LogP contribution in [0.2, 0.25) is 0 Å². The van der Waals surface area contributed by atoms with Crippen molar-refractivity contribution in [3.05, 3.63) is 50.6 Å². The van der Waals surface area contributed by atoms with Gasteiger partial charge < -0.3 is 10.0 Å². The summed E-state index contributed by atoms with van der Waals surface area (Å²) in [6.07, 6.45) is 0.605. The lowest BCUT2D eigenvalue weighted by atomic mass is 10.1. The Labute approximate surface area is 133 Å². The number of nitrogens with zero attached hydrogens (tertiary/aromatic N) is 1. The Bertz CT molecular complexity index is 554. The van der Waals surface area contributed by atoms with Crippen LogP contribution in [0, 0.1) is 0 Å². The van der Waals surface area contributed by atoms with E-state index in [2.05, 4.69) is 58.4 Å². The maximum Gasteiger partial charge on any atom is 0.0762 e. The Morgan fingerprint density at radius 1 is 1.30 bits per heavy atom. The molecule has 1 heterocycles. The number of thiophene rings is 1. The zero-order valence-electron chi connectivity index (χ0n) is 12.0. The molecule has 2 atom stereocenters. The van der Waals surface area contributed by atoms with E-state index in [1.165, 1.54) is 4.88 Å². The number of aliphatic hydroxyl groups excluding tert-OH is 1. The van der Waals surface area contributed by atoms with Crippen LogP contribution >= 0.6 is 27.3 Å². The second kappa shape index (κ2) is 6.74. The number of hydrogen-bond acceptors (Lipinski definition) is 3. The summed E-state index contributed by atoms with van der Waals surface area (Å²) in [5, 5.41) is 11.7. The van der Waals surface area contributed by atoms with Crippen molar-refractivity contribution in [3.8, 4) is 0 Å². The highest BCUT2D eigenvalue weighted by Crippen LogP contribution is 2.30. The molecule has 0 saturated heterocycles. The third-order valence-corrected chi connectivity index (χ3v) is 5.11. The molecular weight excluding hydrogens is 334 g/mol. The van der Waals surface area contributed by atoms with Crippen molar-refractivity contribution in [2.45, 2.75) is 32.4 Å². The molecule has 2 nitrogen and oxygen atoms in total. The summed E-state index contributed by atoms with van der Waals surface area (Å²) in [4.78, 5) is 3.68. The first-order valence-electron chi connectivity index (χ1n) is 6.71. The van der Waals surface area contributed by atoms with Crippen LogP contribution in [0.3, 0.4) is 0 Å². The van der Waals surface area contributed by atoms with Crippen molar-refractivity contribution in [2.24, 2.45) is 0 Å². The van der Waals surface area contributed by atoms with Gasteiger partial charge in [0, 0.05) is 28.9 Å². The fourth-order valence-corrected chi connectivity index (χ4v) is 3.67. The Morgan fingerprint density at radius 2 is 2.05 bits per heavy atom. The van der Waals surface area contributed by atoms with Gasteiger partial charge in [0.25, 0.3) is 0 Å². The molecule has 1 aromatic carbocycles. The molecule has 0 saturated carbocycles. The molecule has 0 aliphatic rings. The van der Waals surface area contributed by atoms with Crippen molar-refractivity contribution < 1.29 is 5.11 Å². The van der Waals surface area contributed by atoms with Gasteiger partial charge in [-0.15, -0.1) is 11.3 Å². The van der Waals surface area contributed by atoms with E-state index in [4.69, 9.17) is 0 Å². The van der Waals surface area contributed by atoms with E-state index in [0.29, 0.717) is 6.04 Å². The van der Waals surface area contributed by atoms with E-state index in [-0.39, 0.29) is 0 Å². The van der Waals surface area contributed by atoms with Gasteiger partial charge in [0.15, 0.2) is 0 Å². The average Bonchev–Trinajstić information content (AvgIpc) is 2.90. The van der Waals surface area contributed by atoms with Gasteiger partial charge in [-0.1, -0.05) is 12.1 Å². The minimum Gasteiger partial charge on any atom is -0.389 e. The predicted octanol–water partition coefficient (Wildman–Crippen LogP) is 4.63. The number of benzene rings is 1. The number of likely N-dealkylation sites (N-methyl/N-ethyl adjacent to an activating group) is 1. The lowest BCUT2D eigenvalue weighted by Crippen LogP contribution is -2.30. The van der Waals surface area contributed by atoms with E-state index in [1.807, 2.05) is 12.1 Å². The summed E-state index contributed by atoms with van der Waals surface area (Å²) in [7, 11) is 2.11. The fraction of sp³-hybridized carbons (Fsp3) is 0.375. The number of aliphatic hydroxyl groups is 1. The van der Waals surface area contributed by atoms with Crippen molar-refractivity contribution in [2.75, 3.05) is 11.9 Å². The summed E-state index contributed by atoms with van der Waals surface area (Å²) in [6, 6.07) is 10.7. The first kappa shape index (κ1) is 15.5. The average molecular weight is 354 g/mol. The summed E-state index contributed by atoms with van der Waals surface area (Å²) in [6.45, 7) is 4.01. The molecule has 0 bridgehead atoms. The summed E-state index contributed by atoms with van der Waals surface area (Å²) in [5.41, 5.74) is 2.08. The van der Waals surface area contributed by atoms with E-state index in [0.717, 1.165) is 22.1 Å². The molecule has 4 heteroatoms. The Kier molecular flexibility index (Phi) is 5.24. The number of rotatable bonds is 5. The first-order chi connectivity index (χ1) is 9.49.